The van der Waals surface area contributed by atoms with Crippen molar-refractivity contribution in [2.24, 2.45) is 5.41 Å². The first kappa shape index (κ1) is 19.0. The summed E-state index contributed by atoms with van der Waals surface area (Å²) in [7, 11) is 1.86. The number of rotatable bonds is 9. The van der Waals surface area contributed by atoms with E-state index < -0.39 is 0 Å². The van der Waals surface area contributed by atoms with E-state index in [-0.39, 0.29) is 0 Å². The number of aryl methyl sites for hydroxylation is 2. The molecule has 2 N–H and O–H groups in total. The number of nitrogens with one attached hydrogen (secondary N) is 2. The van der Waals surface area contributed by atoms with Gasteiger partial charge in [0, 0.05) is 50.2 Å². The van der Waals surface area contributed by atoms with Crippen molar-refractivity contribution >= 4 is 17.5 Å². The fourth-order valence-corrected chi connectivity index (χ4v) is 3.96. The Bertz CT molecular complexity index is 826. The predicted octanol–water partition coefficient (Wildman–Crippen LogP) is 4.00. The summed E-state index contributed by atoms with van der Waals surface area (Å²) in [6, 6.07) is 8.17. The SMILES string of the molecule is CCc1ccc(Nc2nc(C)cc(NC)n2)cc1OCCCN1CC2(CC2)C1. The van der Waals surface area contributed by atoms with E-state index >= 15 is 0 Å². The minimum atomic E-state index is 0.589. The molecule has 0 bridgehead atoms. The Kier molecular flexibility index (Phi) is 5.40. The van der Waals surface area contributed by atoms with Crippen LogP contribution in [0.25, 0.3) is 0 Å². The van der Waals surface area contributed by atoms with Crippen molar-refractivity contribution in [1.29, 1.82) is 0 Å². The molecule has 1 spiro atoms. The molecule has 1 saturated heterocycles. The smallest absolute Gasteiger partial charge is 0.229 e. The second-order valence-corrected chi connectivity index (χ2v) is 8.18. The largest absolute Gasteiger partial charge is 0.493 e. The van der Waals surface area contributed by atoms with E-state index in [0.29, 0.717) is 5.95 Å². The highest BCUT2D eigenvalue weighted by atomic mass is 16.5. The highest BCUT2D eigenvalue weighted by Crippen LogP contribution is 2.52. The van der Waals surface area contributed by atoms with Gasteiger partial charge >= 0.3 is 0 Å². The Labute approximate surface area is 167 Å². The van der Waals surface area contributed by atoms with E-state index in [2.05, 4.69) is 50.6 Å². The topological polar surface area (TPSA) is 62.3 Å². The molecule has 1 aromatic carbocycles. The number of benzene rings is 1. The molecule has 0 radical (unpaired) electrons. The molecule has 0 amide bonds. The van der Waals surface area contributed by atoms with Crippen molar-refractivity contribution in [3.63, 3.8) is 0 Å². The molecule has 2 aromatic rings. The number of aromatic nitrogens is 2. The van der Waals surface area contributed by atoms with Crippen molar-refractivity contribution in [1.82, 2.24) is 14.9 Å². The molecular formula is C22H31N5O. The maximum absolute atomic E-state index is 6.14. The van der Waals surface area contributed by atoms with Crippen LogP contribution < -0.4 is 15.4 Å². The van der Waals surface area contributed by atoms with Crippen molar-refractivity contribution in [3.05, 3.63) is 35.5 Å². The molecule has 2 heterocycles. The zero-order chi connectivity index (χ0) is 19.6. The van der Waals surface area contributed by atoms with E-state index in [1.165, 1.54) is 31.5 Å². The summed E-state index contributed by atoms with van der Waals surface area (Å²) in [6.07, 6.45) is 4.92. The molecule has 2 aliphatic rings. The van der Waals surface area contributed by atoms with E-state index in [4.69, 9.17) is 4.74 Å². The summed E-state index contributed by atoms with van der Waals surface area (Å²) in [5.41, 5.74) is 3.83. The maximum atomic E-state index is 6.14. The summed E-state index contributed by atoms with van der Waals surface area (Å²) in [5, 5.41) is 6.37. The molecule has 4 rings (SSSR count). The Balaban J connectivity index is 1.34. The monoisotopic (exact) mass is 381 g/mol. The number of ether oxygens (including phenoxy) is 1. The molecule has 1 saturated carbocycles. The molecule has 150 valence electrons. The summed E-state index contributed by atoms with van der Waals surface area (Å²) in [5.74, 6) is 2.35. The third-order valence-electron chi connectivity index (χ3n) is 5.77. The molecule has 6 heteroatoms. The van der Waals surface area contributed by atoms with Gasteiger partial charge in [-0.15, -0.1) is 0 Å². The highest BCUT2D eigenvalue weighted by molar-refractivity contribution is 5.59. The second kappa shape index (κ2) is 7.95. The van der Waals surface area contributed by atoms with Crippen LogP contribution in [-0.2, 0) is 6.42 Å². The normalized spacial score (nSPS) is 17.2. The summed E-state index contributed by atoms with van der Waals surface area (Å²) >= 11 is 0. The second-order valence-electron chi connectivity index (χ2n) is 8.18. The van der Waals surface area contributed by atoms with Gasteiger partial charge in [0.05, 0.1) is 6.61 Å². The van der Waals surface area contributed by atoms with Gasteiger partial charge in [-0.1, -0.05) is 13.0 Å². The van der Waals surface area contributed by atoms with Crippen LogP contribution in [0.15, 0.2) is 24.3 Å². The minimum absolute atomic E-state index is 0.589. The summed E-state index contributed by atoms with van der Waals surface area (Å²) < 4.78 is 6.14. The van der Waals surface area contributed by atoms with Gasteiger partial charge in [0.15, 0.2) is 0 Å². The lowest BCUT2D eigenvalue weighted by atomic mass is 9.97. The molecule has 1 aliphatic heterocycles. The Hall–Kier alpha value is -2.34. The van der Waals surface area contributed by atoms with Gasteiger partial charge in [0.25, 0.3) is 0 Å². The number of anilines is 3. The molecule has 1 aromatic heterocycles. The third kappa shape index (κ3) is 4.38. The average molecular weight is 382 g/mol. The molecule has 0 atom stereocenters. The lowest BCUT2D eigenvalue weighted by Gasteiger charge is -2.40. The van der Waals surface area contributed by atoms with Crippen molar-refractivity contribution in [2.75, 3.05) is 43.9 Å². The van der Waals surface area contributed by atoms with Gasteiger partial charge in [-0.05, 0) is 49.7 Å². The molecule has 28 heavy (non-hydrogen) atoms. The molecule has 1 aliphatic carbocycles. The first-order chi connectivity index (χ1) is 13.6. The number of nitrogens with zero attached hydrogens (tertiary/aromatic N) is 3. The van der Waals surface area contributed by atoms with Crippen molar-refractivity contribution < 1.29 is 4.74 Å². The summed E-state index contributed by atoms with van der Waals surface area (Å²) in [6.45, 7) is 8.63. The van der Waals surface area contributed by atoms with Gasteiger partial charge in [0.1, 0.15) is 11.6 Å². The van der Waals surface area contributed by atoms with Gasteiger partial charge in [0.2, 0.25) is 5.95 Å². The van der Waals surface area contributed by atoms with Crippen LogP contribution in [0, 0.1) is 12.3 Å². The van der Waals surface area contributed by atoms with Crippen LogP contribution in [0.5, 0.6) is 5.75 Å². The number of likely N-dealkylation sites (tertiary alicyclic amines) is 1. The van der Waals surface area contributed by atoms with Gasteiger partial charge in [-0.2, -0.15) is 4.98 Å². The highest BCUT2D eigenvalue weighted by Gasteiger charge is 2.51. The van der Waals surface area contributed by atoms with Crippen LogP contribution >= 0.6 is 0 Å². The number of hydrogen-bond acceptors (Lipinski definition) is 6. The molecule has 6 nitrogen and oxygen atoms in total. The lowest BCUT2D eigenvalue weighted by Crippen LogP contribution is -2.48. The van der Waals surface area contributed by atoms with Crippen molar-refractivity contribution in [3.8, 4) is 5.75 Å². The van der Waals surface area contributed by atoms with Crippen molar-refractivity contribution in [2.45, 2.75) is 39.5 Å². The fraction of sp³-hybridized carbons (Fsp3) is 0.545. The minimum Gasteiger partial charge on any atom is -0.493 e. The van der Waals surface area contributed by atoms with Gasteiger partial charge in [-0.3, -0.25) is 0 Å². The van der Waals surface area contributed by atoms with E-state index in [0.717, 1.165) is 54.4 Å². The van der Waals surface area contributed by atoms with Crippen LogP contribution in [0.4, 0.5) is 17.5 Å². The fourth-order valence-electron chi connectivity index (χ4n) is 3.96. The zero-order valence-corrected chi connectivity index (χ0v) is 17.2. The van der Waals surface area contributed by atoms with E-state index in [9.17, 15) is 0 Å². The van der Waals surface area contributed by atoms with Crippen LogP contribution in [-0.4, -0.2) is 48.2 Å². The Morgan fingerprint density at radius 1 is 1.18 bits per heavy atom. The lowest BCUT2D eigenvalue weighted by molar-refractivity contribution is 0.0757. The quantitative estimate of drug-likeness (QED) is 0.640. The number of hydrogen-bond donors (Lipinski definition) is 2. The Morgan fingerprint density at radius 3 is 2.71 bits per heavy atom. The Morgan fingerprint density at radius 2 is 2.00 bits per heavy atom. The molecule has 0 unspecified atom stereocenters. The van der Waals surface area contributed by atoms with Crippen LogP contribution in [0.1, 0.15) is 37.4 Å². The van der Waals surface area contributed by atoms with E-state index in [1.54, 1.807) is 0 Å². The first-order valence-corrected chi connectivity index (χ1v) is 10.4. The summed E-state index contributed by atoms with van der Waals surface area (Å²) in [4.78, 5) is 11.5. The standard InChI is InChI=1S/C22H31N5O/c1-4-17-6-7-18(25-21-24-16(2)12-20(23-3)26-21)13-19(17)28-11-5-10-27-14-22(15-27)8-9-22/h6-7,12-13H,4-5,8-11,14-15H2,1-3H3,(H2,23,24,25,26). The maximum Gasteiger partial charge on any atom is 0.229 e. The van der Waals surface area contributed by atoms with Gasteiger partial charge < -0.3 is 20.3 Å². The van der Waals surface area contributed by atoms with Crippen LogP contribution in [0.3, 0.4) is 0 Å². The predicted molar refractivity (Wildman–Crippen MR) is 114 cm³/mol. The van der Waals surface area contributed by atoms with Crippen LogP contribution in [0.2, 0.25) is 0 Å². The zero-order valence-electron chi connectivity index (χ0n) is 17.2. The van der Waals surface area contributed by atoms with Gasteiger partial charge in [-0.25, -0.2) is 4.98 Å². The first-order valence-electron chi connectivity index (χ1n) is 10.4. The average Bonchev–Trinajstić information content (AvgIpc) is 3.45. The molecular weight excluding hydrogens is 350 g/mol. The molecule has 2 fully saturated rings. The van der Waals surface area contributed by atoms with E-state index in [1.807, 2.05) is 20.0 Å². The third-order valence-corrected chi connectivity index (χ3v) is 5.77.